The van der Waals surface area contributed by atoms with Crippen molar-refractivity contribution in [1.29, 1.82) is 0 Å². The molecule has 1 aromatic heterocycles. The molecule has 2 aromatic rings. The fraction of sp³-hybridized carbons (Fsp3) is 0.250. The van der Waals surface area contributed by atoms with E-state index in [1.54, 1.807) is 23.3 Å². The highest BCUT2D eigenvalue weighted by atomic mass is 16.1. The molecule has 17 heavy (non-hydrogen) atoms. The van der Waals surface area contributed by atoms with Gasteiger partial charge in [0.05, 0.1) is 23.6 Å². The van der Waals surface area contributed by atoms with E-state index in [2.05, 4.69) is 15.2 Å². The Bertz CT molecular complexity index is 580. The van der Waals surface area contributed by atoms with E-state index in [1.807, 2.05) is 24.3 Å². The molecule has 3 rings (SSSR count). The first kappa shape index (κ1) is 9.93. The van der Waals surface area contributed by atoms with Crippen LogP contribution in [0.15, 0.2) is 41.7 Å². The molecular weight excluding hydrogens is 216 g/mol. The van der Waals surface area contributed by atoms with E-state index in [1.165, 1.54) is 0 Å². The van der Waals surface area contributed by atoms with Crippen molar-refractivity contribution in [2.45, 2.75) is 18.4 Å². The lowest BCUT2D eigenvalue weighted by molar-refractivity contribution is 0.556. The van der Waals surface area contributed by atoms with Crippen LogP contribution in [-0.4, -0.2) is 21.1 Å². The molecule has 0 atom stereocenters. The van der Waals surface area contributed by atoms with Crippen LogP contribution in [-0.2, 0) is 10.3 Å². The van der Waals surface area contributed by atoms with Gasteiger partial charge in [-0.1, -0.05) is 12.1 Å². The largest absolute Gasteiger partial charge is 0.235 e. The molecule has 0 radical (unpaired) electrons. The van der Waals surface area contributed by atoms with Crippen molar-refractivity contribution in [3.63, 3.8) is 0 Å². The number of nitrogens with zero attached hydrogens (tertiary/aromatic N) is 4. The van der Waals surface area contributed by atoms with Gasteiger partial charge >= 0.3 is 0 Å². The summed E-state index contributed by atoms with van der Waals surface area (Å²) >= 11 is 0. The zero-order valence-electron chi connectivity index (χ0n) is 9.08. The molecule has 0 amide bonds. The molecule has 0 bridgehead atoms. The molecule has 0 unspecified atom stereocenters. The van der Waals surface area contributed by atoms with Crippen LogP contribution >= 0.6 is 0 Å². The minimum absolute atomic E-state index is 0.342. The molecule has 84 valence electrons. The van der Waals surface area contributed by atoms with Crippen molar-refractivity contribution in [2.24, 2.45) is 4.99 Å². The van der Waals surface area contributed by atoms with Crippen molar-refractivity contribution in [3.05, 3.63) is 42.2 Å². The third-order valence-electron chi connectivity index (χ3n) is 3.02. The molecule has 1 fully saturated rings. The van der Waals surface area contributed by atoms with Crippen LogP contribution < -0.4 is 0 Å². The number of rotatable bonds is 3. The maximum absolute atomic E-state index is 10.4. The molecule has 0 spiro atoms. The number of carbonyl (C=O) groups excluding carboxylic acids is 1. The van der Waals surface area contributed by atoms with E-state index in [-0.39, 0.29) is 5.54 Å². The summed E-state index contributed by atoms with van der Waals surface area (Å²) in [7, 11) is 0. The second-order valence-electron chi connectivity index (χ2n) is 4.10. The average molecular weight is 226 g/mol. The Hall–Kier alpha value is -2.26. The fourth-order valence-corrected chi connectivity index (χ4v) is 1.94. The molecular formula is C12H10N4O. The van der Waals surface area contributed by atoms with Gasteiger partial charge < -0.3 is 0 Å². The highest BCUT2D eigenvalue weighted by molar-refractivity contribution is 5.44. The van der Waals surface area contributed by atoms with Gasteiger partial charge in [0.25, 0.3) is 0 Å². The van der Waals surface area contributed by atoms with Crippen LogP contribution in [0.5, 0.6) is 0 Å². The summed E-state index contributed by atoms with van der Waals surface area (Å²) in [6.45, 7) is 0. The third kappa shape index (κ3) is 1.66. The van der Waals surface area contributed by atoms with E-state index in [9.17, 15) is 4.79 Å². The molecule has 0 aliphatic heterocycles. The summed E-state index contributed by atoms with van der Waals surface area (Å²) in [6, 6.07) is 7.79. The zero-order valence-corrected chi connectivity index (χ0v) is 9.08. The number of hydrogen-bond acceptors (Lipinski definition) is 4. The van der Waals surface area contributed by atoms with Gasteiger partial charge in [-0.05, 0) is 30.5 Å². The predicted molar refractivity (Wildman–Crippen MR) is 60.4 cm³/mol. The van der Waals surface area contributed by atoms with Crippen molar-refractivity contribution in [1.82, 2.24) is 15.0 Å². The second kappa shape index (κ2) is 3.64. The number of isocyanates is 1. The number of aromatic nitrogens is 3. The molecule has 5 heteroatoms. The minimum atomic E-state index is -0.342. The van der Waals surface area contributed by atoms with E-state index >= 15 is 0 Å². The maximum Gasteiger partial charge on any atom is 0.235 e. The Morgan fingerprint density at radius 3 is 2.71 bits per heavy atom. The first-order chi connectivity index (χ1) is 8.34. The van der Waals surface area contributed by atoms with Gasteiger partial charge in [-0.3, -0.25) is 0 Å². The molecule has 5 nitrogen and oxygen atoms in total. The van der Waals surface area contributed by atoms with Crippen LogP contribution in [0.4, 0.5) is 0 Å². The quantitative estimate of drug-likeness (QED) is 0.589. The Kier molecular flexibility index (Phi) is 2.13. The van der Waals surface area contributed by atoms with Gasteiger partial charge in [-0.25, -0.2) is 4.79 Å². The Morgan fingerprint density at radius 2 is 2.06 bits per heavy atom. The highest BCUT2D eigenvalue weighted by Gasteiger charge is 2.44. The molecule has 1 aromatic carbocycles. The monoisotopic (exact) mass is 226 g/mol. The van der Waals surface area contributed by atoms with Gasteiger partial charge in [0.1, 0.15) is 0 Å². The first-order valence-electron chi connectivity index (χ1n) is 5.40. The van der Waals surface area contributed by atoms with Crippen molar-refractivity contribution in [3.8, 4) is 5.69 Å². The Morgan fingerprint density at radius 1 is 1.29 bits per heavy atom. The summed E-state index contributed by atoms with van der Waals surface area (Å²) in [6.07, 6.45) is 6.72. The molecule has 1 saturated carbocycles. The zero-order chi connectivity index (χ0) is 11.7. The number of aliphatic imine (C=N–C) groups is 1. The van der Waals surface area contributed by atoms with Crippen LogP contribution in [0.3, 0.4) is 0 Å². The Balaban J connectivity index is 2.03. The lowest BCUT2D eigenvalue weighted by Crippen LogP contribution is -2.05. The molecule has 0 saturated heterocycles. The van der Waals surface area contributed by atoms with E-state index in [0.717, 1.165) is 24.1 Å². The lowest BCUT2D eigenvalue weighted by Gasteiger charge is -2.09. The van der Waals surface area contributed by atoms with Gasteiger partial charge in [-0.15, -0.1) is 0 Å². The van der Waals surface area contributed by atoms with E-state index < -0.39 is 0 Å². The minimum Gasteiger partial charge on any atom is -0.211 e. The molecule has 1 aliphatic carbocycles. The predicted octanol–water partition coefficient (Wildman–Crippen LogP) is 1.59. The average Bonchev–Trinajstić information content (AvgIpc) is 2.94. The summed E-state index contributed by atoms with van der Waals surface area (Å²) < 4.78 is 0. The normalized spacial score (nSPS) is 16.2. The third-order valence-corrected chi connectivity index (χ3v) is 3.02. The molecule has 0 N–H and O–H groups in total. The highest BCUT2D eigenvalue weighted by Crippen LogP contribution is 2.49. The maximum atomic E-state index is 10.4. The lowest BCUT2D eigenvalue weighted by atomic mass is 10.1. The van der Waals surface area contributed by atoms with Gasteiger partial charge in [0.2, 0.25) is 6.08 Å². The van der Waals surface area contributed by atoms with Crippen LogP contribution in [0.1, 0.15) is 18.4 Å². The van der Waals surface area contributed by atoms with Crippen molar-refractivity contribution < 1.29 is 4.79 Å². The molecule has 1 aliphatic rings. The smallest absolute Gasteiger partial charge is 0.211 e. The molecule has 1 heterocycles. The van der Waals surface area contributed by atoms with Crippen molar-refractivity contribution in [2.75, 3.05) is 0 Å². The van der Waals surface area contributed by atoms with Crippen molar-refractivity contribution >= 4 is 6.08 Å². The summed E-state index contributed by atoms with van der Waals surface area (Å²) in [4.78, 5) is 15.9. The summed E-state index contributed by atoms with van der Waals surface area (Å²) in [5.74, 6) is 0. The summed E-state index contributed by atoms with van der Waals surface area (Å²) in [5.41, 5.74) is 1.56. The first-order valence-corrected chi connectivity index (χ1v) is 5.40. The summed E-state index contributed by atoms with van der Waals surface area (Å²) in [5, 5.41) is 8.15. The standard InChI is InChI=1S/C12H10N4O/c17-9-13-12(4-5-12)10-2-1-3-11(8-10)16-14-6-7-15-16/h1-3,6-8H,4-5H2. The second-order valence-corrected chi connectivity index (χ2v) is 4.10. The number of hydrogen-bond donors (Lipinski definition) is 0. The van der Waals surface area contributed by atoms with Gasteiger partial charge in [0, 0.05) is 0 Å². The van der Waals surface area contributed by atoms with Crippen LogP contribution in [0.2, 0.25) is 0 Å². The SMILES string of the molecule is O=C=NC1(c2cccc(-n3nccn3)c2)CC1. The fourth-order valence-electron chi connectivity index (χ4n) is 1.94. The van der Waals surface area contributed by atoms with Crippen LogP contribution in [0, 0.1) is 0 Å². The topological polar surface area (TPSA) is 60.1 Å². The van der Waals surface area contributed by atoms with Gasteiger partial charge in [-0.2, -0.15) is 20.0 Å². The van der Waals surface area contributed by atoms with E-state index in [4.69, 9.17) is 0 Å². The number of benzene rings is 1. The van der Waals surface area contributed by atoms with Gasteiger partial charge in [0.15, 0.2) is 0 Å². The Labute approximate surface area is 97.8 Å². The van der Waals surface area contributed by atoms with E-state index in [0.29, 0.717) is 0 Å². The van der Waals surface area contributed by atoms with Crippen LogP contribution in [0.25, 0.3) is 5.69 Å².